The molecule has 136 valence electrons. The van der Waals surface area contributed by atoms with Gasteiger partial charge in [0.1, 0.15) is 0 Å². The summed E-state index contributed by atoms with van der Waals surface area (Å²) in [5, 5.41) is 13.4. The number of rotatable bonds is 7. The summed E-state index contributed by atoms with van der Waals surface area (Å²) in [6, 6.07) is 5.85. The summed E-state index contributed by atoms with van der Waals surface area (Å²) in [6.07, 6.45) is 1.98. The third-order valence-corrected chi connectivity index (χ3v) is 4.12. The number of carbonyl (C=O) groups excluding carboxylic acids is 2. The number of benzene rings is 1. The molecule has 1 aromatic carbocycles. The lowest BCUT2D eigenvalue weighted by Gasteiger charge is -2.31. The van der Waals surface area contributed by atoms with Crippen molar-refractivity contribution in [2.45, 2.75) is 26.2 Å². The molecule has 1 atom stereocenters. The number of anilines is 1. The highest BCUT2D eigenvalue weighted by Crippen LogP contribution is 2.19. The number of carbonyl (C=O) groups is 2. The SMILES string of the molecule is CCOC(=O)C1CCCN(CCC(=O)Nc2cccc([N+](=O)[O-])c2)C1. The van der Waals surface area contributed by atoms with E-state index in [0.29, 0.717) is 25.4 Å². The molecule has 1 fully saturated rings. The standard InChI is InChI=1S/C17H23N3O5/c1-2-25-17(22)13-5-4-9-19(12-13)10-8-16(21)18-14-6-3-7-15(11-14)20(23)24/h3,6-7,11,13H,2,4-5,8-10,12H2,1H3,(H,18,21). The summed E-state index contributed by atoms with van der Waals surface area (Å²) in [5.74, 6) is -0.513. The molecular weight excluding hydrogens is 326 g/mol. The maximum Gasteiger partial charge on any atom is 0.310 e. The van der Waals surface area contributed by atoms with Crippen LogP contribution < -0.4 is 5.32 Å². The zero-order valence-corrected chi connectivity index (χ0v) is 14.3. The van der Waals surface area contributed by atoms with E-state index in [1.807, 2.05) is 0 Å². The van der Waals surface area contributed by atoms with Gasteiger partial charge in [0.25, 0.3) is 5.69 Å². The summed E-state index contributed by atoms with van der Waals surface area (Å²) in [5.41, 5.74) is 0.341. The second-order valence-electron chi connectivity index (χ2n) is 6.00. The summed E-state index contributed by atoms with van der Waals surface area (Å²) >= 11 is 0. The van der Waals surface area contributed by atoms with Crippen molar-refractivity contribution in [2.24, 2.45) is 5.92 Å². The molecule has 8 heteroatoms. The first-order chi connectivity index (χ1) is 12.0. The van der Waals surface area contributed by atoms with Crippen LogP contribution in [0.3, 0.4) is 0 Å². The lowest BCUT2D eigenvalue weighted by atomic mass is 9.98. The lowest BCUT2D eigenvalue weighted by molar-refractivity contribution is -0.384. The number of amides is 1. The highest BCUT2D eigenvalue weighted by Gasteiger charge is 2.26. The van der Waals surface area contributed by atoms with Crippen LogP contribution in [0.5, 0.6) is 0 Å². The van der Waals surface area contributed by atoms with Crippen molar-refractivity contribution in [2.75, 3.05) is 31.6 Å². The van der Waals surface area contributed by atoms with Crippen LogP contribution in [0.25, 0.3) is 0 Å². The third kappa shape index (κ3) is 5.82. The molecule has 1 N–H and O–H groups in total. The van der Waals surface area contributed by atoms with E-state index in [2.05, 4.69) is 10.2 Å². The van der Waals surface area contributed by atoms with Crippen molar-refractivity contribution in [1.29, 1.82) is 0 Å². The summed E-state index contributed by atoms with van der Waals surface area (Å²) in [4.78, 5) is 36.2. The van der Waals surface area contributed by atoms with E-state index in [4.69, 9.17) is 4.74 Å². The van der Waals surface area contributed by atoms with Crippen LogP contribution in [0.1, 0.15) is 26.2 Å². The molecule has 1 saturated heterocycles. The highest BCUT2D eigenvalue weighted by atomic mass is 16.6. The number of nitrogens with one attached hydrogen (secondary N) is 1. The minimum atomic E-state index is -0.501. The number of likely N-dealkylation sites (tertiary alicyclic amines) is 1. The Morgan fingerprint density at radius 1 is 1.44 bits per heavy atom. The van der Waals surface area contributed by atoms with Gasteiger partial charge in [-0.15, -0.1) is 0 Å². The fraction of sp³-hybridized carbons (Fsp3) is 0.529. The largest absolute Gasteiger partial charge is 0.466 e. The molecule has 0 aliphatic carbocycles. The van der Waals surface area contributed by atoms with Gasteiger partial charge in [-0.25, -0.2) is 0 Å². The minimum absolute atomic E-state index is 0.0638. The first-order valence-corrected chi connectivity index (χ1v) is 8.43. The van der Waals surface area contributed by atoms with Gasteiger partial charge in [-0.05, 0) is 32.4 Å². The van der Waals surface area contributed by atoms with Gasteiger partial charge < -0.3 is 15.0 Å². The van der Waals surface area contributed by atoms with Gasteiger partial charge in [0.2, 0.25) is 5.91 Å². The minimum Gasteiger partial charge on any atom is -0.466 e. The molecule has 1 heterocycles. The van der Waals surface area contributed by atoms with Crippen molar-refractivity contribution in [3.63, 3.8) is 0 Å². The zero-order valence-electron chi connectivity index (χ0n) is 14.3. The maximum atomic E-state index is 12.1. The number of nitrogens with zero attached hydrogens (tertiary/aromatic N) is 2. The predicted octanol–water partition coefficient (Wildman–Crippen LogP) is 2.20. The van der Waals surface area contributed by atoms with Crippen LogP contribution in [0, 0.1) is 16.0 Å². The van der Waals surface area contributed by atoms with Crippen molar-refractivity contribution in [1.82, 2.24) is 4.90 Å². The number of nitro groups is 1. The highest BCUT2D eigenvalue weighted by molar-refractivity contribution is 5.91. The molecule has 1 aromatic rings. The van der Waals surface area contributed by atoms with Crippen LogP contribution in [0.4, 0.5) is 11.4 Å². The van der Waals surface area contributed by atoms with Gasteiger partial charge in [0, 0.05) is 37.3 Å². The van der Waals surface area contributed by atoms with Crippen LogP contribution in [-0.4, -0.2) is 47.9 Å². The molecule has 0 radical (unpaired) electrons. The van der Waals surface area contributed by atoms with Crippen molar-refractivity contribution >= 4 is 23.3 Å². The van der Waals surface area contributed by atoms with Gasteiger partial charge in [0.05, 0.1) is 17.4 Å². The van der Waals surface area contributed by atoms with E-state index >= 15 is 0 Å². The molecule has 1 unspecified atom stereocenters. The van der Waals surface area contributed by atoms with E-state index < -0.39 is 4.92 Å². The number of non-ortho nitro benzene ring substituents is 1. The Bertz CT molecular complexity index is 634. The maximum absolute atomic E-state index is 12.1. The second-order valence-corrected chi connectivity index (χ2v) is 6.00. The number of piperidine rings is 1. The number of hydrogen-bond donors (Lipinski definition) is 1. The van der Waals surface area contributed by atoms with Crippen LogP contribution >= 0.6 is 0 Å². The molecular formula is C17H23N3O5. The van der Waals surface area contributed by atoms with Gasteiger partial charge >= 0.3 is 5.97 Å². The van der Waals surface area contributed by atoms with Crippen molar-refractivity contribution < 1.29 is 19.2 Å². The van der Waals surface area contributed by atoms with Gasteiger partial charge in [-0.2, -0.15) is 0 Å². The molecule has 0 aromatic heterocycles. The summed E-state index contributed by atoms with van der Waals surface area (Å²) < 4.78 is 5.06. The van der Waals surface area contributed by atoms with Gasteiger partial charge in [-0.3, -0.25) is 19.7 Å². The first-order valence-electron chi connectivity index (χ1n) is 8.43. The van der Waals surface area contributed by atoms with Gasteiger partial charge in [-0.1, -0.05) is 6.07 Å². The van der Waals surface area contributed by atoms with E-state index in [0.717, 1.165) is 19.4 Å². The molecule has 2 rings (SSSR count). The van der Waals surface area contributed by atoms with Crippen LogP contribution in [-0.2, 0) is 14.3 Å². The predicted molar refractivity (Wildman–Crippen MR) is 92.1 cm³/mol. The molecule has 8 nitrogen and oxygen atoms in total. The molecule has 0 saturated carbocycles. The Kier molecular flexibility index (Phi) is 6.88. The van der Waals surface area contributed by atoms with E-state index in [9.17, 15) is 19.7 Å². The van der Waals surface area contributed by atoms with Crippen LogP contribution in [0.15, 0.2) is 24.3 Å². The molecule has 0 bridgehead atoms. The number of hydrogen-bond acceptors (Lipinski definition) is 6. The van der Waals surface area contributed by atoms with E-state index in [1.54, 1.807) is 13.0 Å². The molecule has 25 heavy (non-hydrogen) atoms. The number of nitro benzene ring substituents is 1. The van der Waals surface area contributed by atoms with E-state index in [-0.39, 0.29) is 29.9 Å². The number of esters is 1. The molecule has 1 amide bonds. The fourth-order valence-corrected chi connectivity index (χ4v) is 2.89. The summed E-state index contributed by atoms with van der Waals surface area (Å²) in [7, 11) is 0. The Hall–Kier alpha value is -2.48. The smallest absolute Gasteiger partial charge is 0.310 e. The summed E-state index contributed by atoms with van der Waals surface area (Å²) in [6.45, 7) is 4.15. The Balaban J connectivity index is 1.80. The van der Waals surface area contributed by atoms with Crippen molar-refractivity contribution in [3.05, 3.63) is 34.4 Å². The Labute approximate surface area is 146 Å². The lowest BCUT2D eigenvalue weighted by Crippen LogP contribution is -2.40. The Morgan fingerprint density at radius 2 is 2.24 bits per heavy atom. The zero-order chi connectivity index (χ0) is 18.2. The number of ether oxygens (including phenoxy) is 1. The molecule has 1 aliphatic heterocycles. The topological polar surface area (TPSA) is 102 Å². The average molecular weight is 349 g/mol. The molecule has 1 aliphatic rings. The fourth-order valence-electron chi connectivity index (χ4n) is 2.89. The molecule has 0 spiro atoms. The normalized spacial score (nSPS) is 17.7. The second kappa shape index (κ2) is 9.12. The van der Waals surface area contributed by atoms with Gasteiger partial charge in [0.15, 0.2) is 0 Å². The first kappa shape index (κ1) is 18.9. The van der Waals surface area contributed by atoms with Crippen molar-refractivity contribution in [3.8, 4) is 0 Å². The van der Waals surface area contributed by atoms with Crippen LogP contribution in [0.2, 0.25) is 0 Å². The quantitative estimate of drug-likeness (QED) is 0.460. The third-order valence-electron chi connectivity index (χ3n) is 4.12. The monoisotopic (exact) mass is 349 g/mol. The average Bonchev–Trinajstić information content (AvgIpc) is 2.60. The van der Waals surface area contributed by atoms with E-state index in [1.165, 1.54) is 18.2 Å². The Morgan fingerprint density at radius 3 is 2.96 bits per heavy atom.